The number of pyridine rings is 1. The van der Waals surface area contributed by atoms with Crippen molar-refractivity contribution in [2.45, 2.75) is 26.1 Å². The molecule has 0 aliphatic heterocycles. The normalized spacial score (nSPS) is 11.7. The molecule has 0 saturated carbocycles. The summed E-state index contributed by atoms with van der Waals surface area (Å²) in [5.41, 5.74) is 1.71. The highest BCUT2D eigenvalue weighted by atomic mass is 16.9. The van der Waals surface area contributed by atoms with Crippen molar-refractivity contribution in [3.05, 3.63) is 81.7 Å². The van der Waals surface area contributed by atoms with Crippen molar-refractivity contribution in [3.63, 3.8) is 0 Å². The maximum Gasteiger partial charge on any atom is 0.313 e. The van der Waals surface area contributed by atoms with E-state index < -0.39 is 11.0 Å². The van der Waals surface area contributed by atoms with Crippen LogP contribution in [0.4, 0.5) is 0 Å². The molecule has 0 N–H and O–H groups in total. The molecule has 0 radical (unpaired) electrons. The second-order valence-electron chi connectivity index (χ2n) is 6.42. The first-order valence-corrected chi connectivity index (χ1v) is 8.92. The lowest BCUT2D eigenvalue weighted by molar-refractivity contribution is -0.763. The van der Waals surface area contributed by atoms with Gasteiger partial charge in [-0.1, -0.05) is 30.3 Å². The van der Waals surface area contributed by atoms with Gasteiger partial charge in [0.25, 0.3) is 5.09 Å². The van der Waals surface area contributed by atoms with E-state index in [9.17, 15) is 14.9 Å². The molecular weight excluding hydrogens is 376 g/mol. The van der Waals surface area contributed by atoms with Gasteiger partial charge in [-0.05, 0) is 47.5 Å². The molecule has 0 spiro atoms. The number of aromatic nitrogens is 1. The Morgan fingerprint density at radius 3 is 2.48 bits per heavy atom. The maximum atomic E-state index is 12.5. The van der Waals surface area contributed by atoms with Crippen molar-refractivity contribution in [1.82, 2.24) is 4.98 Å². The molecule has 0 saturated heterocycles. The smallest absolute Gasteiger partial charge is 0.313 e. The first-order chi connectivity index (χ1) is 14.0. The lowest BCUT2D eigenvalue weighted by Gasteiger charge is -2.13. The molecule has 2 aromatic carbocycles. The number of ether oxygens (including phenoxy) is 2. The summed E-state index contributed by atoms with van der Waals surface area (Å²) in [5.74, 6) is -0.0647. The van der Waals surface area contributed by atoms with Crippen LogP contribution in [0.25, 0.3) is 10.8 Å². The molecule has 3 aromatic rings. The number of nitrogens with zero attached hydrogens (tertiary/aromatic N) is 2. The molecule has 0 amide bonds. The first kappa shape index (κ1) is 20.1. The van der Waals surface area contributed by atoms with Crippen LogP contribution < -0.4 is 4.74 Å². The summed E-state index contributed by atoms with van der Waals surface area (Å²) in [5, 5.41) is 11.4. The average Bonchev–Trinajstić information content (AvgIpc) is 2.75. The maximum absolute atomic E-state index is 12.5. The molecule has 0 fully saturated rings. The number of benzene rings is 2. The molecule has 0 bridgehead atoms. The zero-order valence-corrected chi connectivity index (χ0v) is 16.0. The summed E-state index contributed by atoms with van der Waals surface area (Å²) in [6.07, 6.45) is 0. The van der Waals surface area contributed by atoms with E-state index in [1.807, 2.05) is 36.4 Å². The predicted molar refractivity (Wildman–Crippen MR) is 105 cm³/mol. The van der Waals surface area contributed by atoms with Crippen molar-refractivity contribution in [2.75, 3.05) is 7.11 Å². The Labute approximate surface area is 167 Å². The van der Waals surface area contributed by atoms with E-state index in [1.165, 1.54) is 0 Å². The van der Waals surface area contributed by atoms with Gasteiger partial charge in [0.2, 0.25) is 0 Å². The topological polar surface area (TPSA) is 101 Å². The Morgan fingerprint density at radius 1 is 1.07 bits per heavy atom. The molecule has 0 aliphatic carbocycles. The number of hydrogen-bond donors (Lipinski definition) is 0. The number of hydrogen-bond acceptors (Lipinski definition) is 7. The lowest BCUT2D eigenvalue weighted by atomic mass is 9.98. The van der Waals surface area contributed by atoms with E-state index in [4.69, 9.17) is 9.47 Å². The summed E-state index contributed by atoms with van der Waals surface area (Å²) in [6, 6.07) is 16.5. The molecule has 3 rings (SSSR count). The SMILES string of the molecule is COc1ccc2cc(C(C)C(=O)OCc3cccc(CO[N+](=O)[O-])n3)ccc2c1. The Kier molecular flexibility index (Phi) is 6.23. The Balaban J connectivity index is 1.64. The Bertz CT molecular complexity index is 1040. The molecule has 1 aromatic heterocycles. The van der Waals surface area contributed by atoms with Crippen LogP contribution in [0.3, 0.4) is 0 Å². The van der Waals surface area contributed by atoms with E-state index in [0.717, 1.165) is 22.1 Å². The van der Waals surface area contributed by atoms with Crippen molar-refractivity contribution in [1.29, 1.82) is 0 Å². The third-order valence-corrected chi connectivity index (χ3v) is 4.47. The zero-order valence-electron chi connectivity index (χ0n) is 16.0. The summed E-state index contributed by atoms with van der Waals surface area (Å²) in [6.45, 7) is 1.50. The molecule has 150 valence electrons. The number of carbonyl (C=O) groups excluding carboxylic acids is 1. The van der Waals surface area contributed by atoms with Gasteiger partial charge in [0.15, 0.2) is 0 Å². The van der Waals surface area contributed by atoms with E-state index >= 15 is 0 Å². The first-order valence-electron chi connectivity index (χ1n) is 8.92. The van der Waals surface area contributed by atoms with Gasteiger partial charge in [0, 0.05) is 0 Å². The summed E-state index contributed by atoms with van der Waals surface area (Å²) >= 11 is 0. The minimum Gasteiger partial charge on any atom is -0.497 e. The largest absolute Gasteiger partial charge is 0.497 e. The van der Waals surface area contributed by atoms with Gasteiger partial charge in [0.1, 0.15) is 19.0 Å². The van der Waals surface area contributed by atoms with Crippen LogP contribution >= 0.6 is 0 Å². The minimum atomic E-state index is -0.879. The number of esters is 1. The van der Waals surface area contributed by atoms with E-state index in [2.05, 4.69) is 9.82 Å². The summed E-state index contributed by atoms with van der Waals surface area (Å²) < 4.78 is 10.6. The van der Waals surface area contributed by atoms with Gasteiger partial charge >= 0.3 is 5.97 Å². The van der Waals surface area contributed by atoms with Gasteiger partial charge in [-0.15, -0.1) is 10.1 Å². The molecule has 1 unspecified atom stereocenters. The highest BCUT2D eigenvalue weighted by Crippen LogP contribution is 2.26. The van der Waals surface area contributed by atoms with Crippen molar-refractivity contribution >= 4 is 16.7 Å². The number of rotatable bonds is 8. The number of carbonyl (C=O) groups is 1. The monoisotopic (exact) mass is 396 g/mol. The van der Waals surface area contributed by atoms with E-state index in [0.29, 0.717) is 11.4 Å². The van der Waals surface area contributed by atoms with Gasteiger partial charge in [-0.3, -0.25) is 9.78 Å². The fourth-order valence-corrected chi connectivity index (χ4v) is 2.85. The highest BCUT2D eigenvalue weighted by molar-refractivity contribution is 5.86. The molecule has 8 nitrogen and oxygen atoms in total. The zero-order chi connectivity index (χ0) is 20.8. The molecule has 1 heterocycles. The third kappa shape index (κ3) is 5.19. The fraction of sp³-hybridized carbons (Fsp3) is 0.238. The lowest BCUT2D eigenvalue weighted by Crippen LogP contribution is -2.14. The van der Waals surface area contributed by atoms with E-state index in [1.54, 1.807) is 32.2 Å². The van der Waals surface area contributed by atoms with Crippen molar-refractivity contribution in [2.24, 2.45) is 0 Å². The van der Waals surface area contributed by atoms with Crippen molar-refractivity contribution in [3.8, 4) is 5.75 Å². The van der Waals surface area contributed by atoms with Crippen LogP contribution in [0.5, 0.6) is 5.75 Å². The van der Waals surface area contributed by atoms with Gasteiger partial charge in [-0.25, -0.2) is 0 Å². The van der Waals surface area contributed by atoms with Crippen LogP contribution in [-0.2, 0) is 27.6 Å². The van der Waals surface area contributed by atoms with Crippen molar-refractivity contribution < 1.29 is 24.2 Å². The van der Waals surface area contributed by atoms with Gasteiger partial charge in [-0.2, -0.15) is 0 Å². The van der Waals surface area contributed by atoms with Gasteiger partial charge in [0.05, 0.1) is 24.4 Å². The minimum absolute atomic E-state index is 0.0275. The van der Waals surface area contributed by atoms with Crippen LogP contribution in [0.2, 0.25) is 0 Å². The second kappa shape index (κ2) is 9.01. The molecule has 8 heteroatoms. The summed E-state index contributed by atoms with van der Waals surface area (Å²) in [4.78, 5) is 31.2. The molecule has 29 heavy (non-hydrogen) atoms. The quantitative estimate of drug-likeness (QED) is 0.324. The second-order valence-corrected chi connectivity index (χ2v) is 6.42. The average molecular weight is 396 g/mol. The Hall–Kier alpha value is -3.68. The number of fused-ring (bicyclic) bond motifs is 1. The van der Waals surface area contributed by atoms with Crippen LogP contribution in [0.1, 0.15) is 29.8 Å². The molecule has 0 aliphatic rings. The fourth-order valence-electron chi connectivity index (χ4n) is 2.85. The predicted octanol–water partition coefficient (Wildman–Crippen LogP) is 3.80. The highest BCUT2D eigenvalue weighted by Gasteiger charge is 2.17. The summed E-state index contributed by atoms with van der Waals surface area (Å²) in [7, 11) is 1.62. The van der Waals surface area contributed by atoms with E-state index in [-0.39, 0.29) is 19.2 Å². The Morgan fingerprint density at radius 2 is 1.76 bits per heavy atom. The molecule has 1 atom stereocenters. The van der Waals surface area contributed by atoms with Gasteiger partial charge < -0.3 is 14.3 Å². The van der Waals surface area contributed by atoms with Crippen LogP contribution in [0, 0.1) is 10.1 Å². The third-order valence-electron chi connectivity index (χ3n) is 4.47. The van der Waals surface area contributed by atoms with Crippen LogP contribution in [0.15, 0.2) is 54.6 Å². The standard InChI is InChI=1S/C21H20N2O6/c1-14(15-6-7-17-11-20(27-2)9-8-16(17)10-15)21(24)28-12-18-4-3-5-19(22-18)13-29-23(25)26/h3-11,14H,12-13H2,1-2H3. The molecular formula is C21H20N2O6. The number of methoxy groups -OCH3 is 1. The van der Waals surface area contributed by atoms with Crippen LogP contribution in [-0.4, -0.2) is 23.1 Å².